The predicted molar refractivity (Wildman–Crippen MR) is 78.3 cm³/mol. The molecule has 2 rings (SSSR count). The van der Waals surface area contributed by atoms with Gasteiger partial charge in [0.2, 0.25) is 0 Å². The predicted octanol–water partition coefficient (Wildman–Crippen LogP) is 2.09. The van der Waals surface area contributed by atoms with E-state index < -0.39 is 6.09 Å². The molecule has 0 aromatic carbocycles. The first kappa shape index (κ1) is 15.6. The molecule has 0 radical (unpaired) electrons. The van der Waals surface area contributed by atoms with Crippen LogP contribution in [0.25, 0.3) is 0 Å². The fourth-order valence-corrected chi connectivity index (χ4v) is 2.46. The Balaban J connectivity index is 1.97. The number of hydrogen-bond acceptors (Lipinski definition) is 4. The average molecular weight is 312 g/mol. The Morgan fingerprint density at radius 3 is 3.10 bits per heavy atom. The number of aromatic nitrogens is 1. The summed E-state index contributed by atoms with van der Waals surface area (Å²) in [6.07, 6.45) is 2.71. The summed E-state index contributed by atoms with van der Waals surface area (Å²) in [7, 11) is 0. The summed E-state index contributed by atoms with van der Waals surface area (Å²) in [6.45, 7) is 3.18. The summed E-state index contributed by atoms with van der Waals surface area (Å²) < 4.78 is 4.86. The van der Waals surface area contributed by atoms with Gasteiger partial charge in [-0.1, -0.05) is 11.6 Å². The van der Waals surface area contributed by atoms with Crippen molar-refractivity contribution in [3.05, 3.63) is 29.0 Å². The quantitative estimate of drug-likeness (QED) is 0.927. The molecule has 0 unspecified atom stereocenters. The maximum Gasteiger partial charge on any atom is 0.407 e. The number of hydrogen-bond donors (Lipinski definition) is 1. The summed E-state index contributed by atoms with van der Waals surface area (Å²) in [6, 6.07) is 3.08. The lowest BCUT2D eigenvalue weighted by atomic mass is 10.1. The lowest BCUT2D eigenvalue weighted by molar-refractivity contribution is 0.0680. The van der Waals surface area contributed by atoms with Gasteiger partial charge in [-0.25, -0.2) is 4.79 Å². The molecule has 1 saturated heterocycles. The number of likely N-dealkylation sites (tertiary alicyclic amines) is 1. The topological polar surface area (TPSA) is 71.5 Å². The lowest BCUT2D eigenvalue weighted by Crippen LogP contribution is -2.49. The number of alkyl carbamates (subject to hydrolysis) is 1. The second-order valence-corrected chi connectivity index (χ2v) is 5.25. The third-order valence-corrected chi connectivity index (χ3v) is 3.48. The molecule has 7 heteroatoms. The summed E-state index contributed by atoms with van der Waals surface area (Å²) in [5, 5.41) is 3.24. The average Bonchev–Trinajstić information content (AvgIpc) is 2.47. The number of ether oxygens (including phenoxy) is 1. The van der Waals surface area contributed by atoms with Crippen LogP contribution < -0.4 is 5.32 Å². The zero-order valence-corrected chi connectivity index (χ0v) is 12.6. The van der Waals surface area contributed by atoms with Crippen LogP contribution >= 0.6 is 11.6 Å². The van der Waals surface area contributed by atoms with Gasteiger partial charge in [0.1, 0.15) is 5.69 Å². The Labute approximate surface area is 128 Å². The summed E-state index contributed by atoms with van der Waals surface area (Å²) in [5.41, 5.74) is 0.319. The van der Waals surface area contributed by atoms with Crippen LogP contribution in [0.2, 0.25) is 5.02 Å². The number of piperidine rings is 1. The van der Waals surface area contributed by atoms with Crippen LogP contribution in [0.4, 0.5) is 4.79 Å². The van der Waals surface area contributed by atoms with E-state index in [4.69, 9.17) is 16.3 Å². The van der Waals surface area contributed by atoms with Gasteiger partial charge in [-0.05, 0) is 31.9 Å². The van der Waals surface area contributed by atoms with E-state index >= 15 is 0 Å². The van der Waals surface area contributed by atoms with Crippen LogP contribution in [0.5, 0.6) is 0 Å². The van der Waals surface area contributed by atoms with Gasteiger partial charge >= 0.3 is 6.09 Å². The van der Waals surface area contributed by atoms with Crippen molar-refractivity contribution in [1.29, 1.82) is 0 Å². The van der Waals surface area contributed by atoms with Gasteiger partial charge in [0.05, 0.1) is 6.61 Å². The molecule has 2 amide bonds. The van der Waals surface area contributed by atoms with Gasteiger partial charge in [-0.15, -0.1) is 0 Å². The fourth-order valence-electron chi connectivity index (χ4n) is 2.30. The van der Waals surface area contributed by atoms with Crippen LogP contribution in [0.3, 0.4) is 0 Å². The highest BCUT2D eigenvalue weighted by atomic mass is 35.5. The minimum atomic E-state index is -0.447. The van der Waals surface area contributed by atoms with Gasteiger partial charge in [0, 0.05) is 30.4 Å². The van der Waals surface area contributed by atoms with Crippen molar-refractivity contribution in [2.45, 2.75) is 25.8 Å². The summed E-state index contributed by atoms with van der Waals surface area (Å²) in [4.78, 5) is 29.5. The molecule has 114 valence electrons. The van der Waals surface area contributed by atoms with Crippen molar-refractivity contribution < 1.29 is 14.3 Å². The number of nitrogens with zero attached hydrogens (tertiary/aromatic N) is 2. The Kier molecular flexibility index (Phi) is 5.38. The van der Waals surface area contributed by atoms with Gasteiger partial charge in [0.25, 0.3) is 5.91 Å². The number of pyridine rings is 1. The molecule has 1 N–H and O–H groups in total. The number of amides is 2. The van der Waals surface area contributed by atoms with Crippen molar-refractivity contribution in [2.24, 2.45) is 0 Å². The van der Waals surface area contributed by atoms with Crippen molar-refractivity contribution in [3.8, 4) is 0 Å². The summed E-state index contributed by atoms with van der Waals surface area (Å²) in [5.74, 6) is -0.173. The van der Waals surface area contributed by atoms with Gasteiger partial charge in [-0.2, -0.15) is 0 Å². The van der Waals surface area contributed by atoms with E-state index in [1.807, 2.05) is 0 Å². The smallest absolute Gasteiger partial charge is 0.407 e. The highest BCUT2D eigenvalue weighted by molar-refractivity contribution is 6.30. The minimum absolute atomic E-state index is 0.0964. The largest absolute Gasteiger partial charge is 0.450 e. The molecule has 6 nitrogen and oxygen atoms in total. The standard InChI is InChI=1S/C14H18ClN3O3/c1-2-21-14(20)17-11-4-3-7-18(9-11)13(19)12-8-10(15)5-6-16-12/h5-6,8,11H,2-4,7,9H2,1H3,(H,17,20)/t11-/m1/s1. The SMILES string of the molecule is CCOC(=O)N[C@@H]1CCCN(C(=O)c2cc(Cl)ccn2)C1. The van der Waals surface area contributed by atoms with Crippen LogP contribution in [-0.4, -0.2) is 47.6 Å². The highest BCUT2D eigenvalue weighted by Crippen LogP contribution is 2.15. The minimum Gasteiger partial charge on any atom is -0.450 e. The number of nitrogens with one attached hydrogen (secondary N) is 1. The molecule has 0 spiro atoms. The third-order valence-electron chi connectivity index (χ3n) is 3.25. The van der Waals surface area contributed by atoms with Gasteiger partial charge in [-0.3, -0.25) is 9.78 Å². The number of carbonyl (C=O) groups excluding carboxylic acids is 2. The number of halogens is 1. The second-order valence-electron chi connectivity index (χ2n) is 4.81. The van der Waals surface area contributed by atoms with E-state index in [1.54, 1.807) is 24.0 Å². The molecule has 0 saturated carbocycles. The first-order valence-electron chi connectivity index (χ1n) is 6.94. The van der Waals surface area contributed by atoms with E-state index in [0.29, 0.717) is 30.4 Å². The van der Waals surface area contributed by atoms with Crippen LogP contribution in [0.1, 0.15) is 30.3 Å². The number of carbonyl (C=O) groups is 2. The lowest BCUT2D eigenvalue weighted by Gasteiger charge is -2.32. The zero-order valence-electron chi connectivity index (χ0n) is 11.8. The Morgan fingerprint density at radius 1 is 1.57 bits per heavy atom. The van der Waals surface area contributed by atoms with Crippen molar-refractivity contribution in [2.75, 3.05) is 19.7 Å². The zero-order chi connectivity index (χ0) is 15.2. The van der Waals surface area contributed by atoms with E-state index in [2.05, 4.69) is 10.3 Å². The van der Waals surface area contributed by atoms with Gasteiger partial charge < -0.3 is 15.0 Å². The molecule has 1 aliphatic rings. The van der Waals surface area contributed by atoms with E-state index in [9.17, 15) is 9.59 Å². The Bertz CT molecular complexity index is 524. The number of rotatable bonds is 3. The van der Waals surface area contributed by atoms with Gasteiger partial charge in [0.15, 0.2) is 0 Å². The molecule has 2 heterocycles. The van der Waals surface area contributed by atoms with E-state index in [-0.39, 0.29) is 11.9 Å². The Hall–Kier alpha value is -1.82. The molecule has 1 aromatic rings. The Morgan fingerprint density at radius 2 is 2.38 bits per heavy atom. The monoisotopic (exact) mass is 311 g/mol. The fraction of sp³-hybridized carbons (Fsp3) is 0.500. The third kappa shape index (κ3) is 4.32. The van der Waals surface area contributed by atoms with Crippen LogP contribution in [-0.2, 0) is 4.74 Å². The molecule has 21 heavy (non-hydrogen) atoms. The van der Waals surface area contributed by atoms with Crippen molar-refractivity contribution in [1.82, 2.24) is 15.2 Å². The van der Waals surface area contributed by atoms with E-state index in [0.717, 1.165) is 12.8 Å². The molecule has 1 aromatic heterocycles. The molecule has 1 aliphatic heterocycles. The highest BCUT2D eigenvalue weighted by Gasteiger charge is 2.26. The molecule has 0 bridgehead atoms. The molecular weight excluding hydrogens is 294 g/mol. The molecular formula is C14H18ClN3O3. The van der Waals surface area contributed by atoms with E-state index in [1.165, 1.54) is 6.20 Å². The second kappa shape index (κ2) is 7.26. The summed E-state index contributed by atoms with van der Waals surface area (Å²) >= 11 is 5.88. The van der Waals surface area contributed by atoms with Crippen LogP contribution in [0, 0.1) is 0 Å². The first-order chi connectivity index (χ1) is 10.1. The van der Waals surface area contributed by atoms with Crippen molar-refractivity contribution in [3.63, 3.8) is 0 Å². The first-order valence-corrected chi connectivity index (χ1v) is 7.32. The van der Waals surface area contributed by atoms with Crippen molar-refractivity contribution >= 4 is 23.6 Å². The molecule has 1 atom stereocenters. The molecule has 0 aliphatic carbocycles. The van der Waals surface area contributed by atoms with Crippen LogP contribution in [0.15, 0.2) is 18.3 Å². The maximum atomic E-state index is 12.4. The molecule has 1 fully saturated rings. The maximum absolute atomic E-state index is 12.4. The normalized spacial score (nSPS) is 18.2.